The van der Waals surface area contributed by atoms with Crippen molar-refractivity contribution in [3.05, 3.63) is 12.7 Å². The molecule has 0 aromatic carbocycles. The molecule has 1 atom stereocenters. The molecule has 0 aliphatic carbocycles. The monoisotopic (exact) mass is 227 g/mol. The average Bonchev–Trinajstić information content (AvgIpc) is 2.29. The summed E-state index contributed by atoms with van der Waals surface area (Å²) in [5, 5.41) is 0. The molecule has 0 N–H and O–H groups in total. The summed E-state index contributed by atoms with van der Waals surface area (Å²) in [6, 6.07) is 0.0780. The average molecular weight is 227 g/mol. The molecule has 4 nitrogen and oxygen atoms in total. The fourth-order valence-electron chi connectivity index (χ4n) is 1.98. The van der Waals surface area contributed by atoms with E-state index in [-0.39, 0.29) is 17.6 Å². The fourth-order valence-corrected chi connectivity index (χ4v) is 1.98. The minimum atomic E-state index is -0.194. The number of hydrogen-bond acceptors (Lipinski definition) is 4. The largest absolute Gasteiger partial charge is 0.469 e. The first-order valence-corrected chi connectivity index (χ1v) is 5.56. The summed E-state index contributed by atoms with van der Waals surface area (Å²) >= 11 is 0. The maximum Gasteiger partial charge on any atom is 0.307 e. The summed E-state index contributed by atoms with van der Waals surface area (Å²) in [5.74, 6) is -0.194. The number of carbonyl (C=O) groups excluding carboxylic acids is 1. The highest BCUT2D eigenvalue weighted by Gasteiger charge is 2.34. The summed E-state index contributed by atoms with van der Waals surface area (Å²) in [4.78, 5) is 13.6. The van der Waals surface area contributed by atoms with Crippen LogP contribution in [0.1, 0.15) is 20.3 Å². The Kier molecular flexibility index (Phi) is 4.50. The van der Waals surface area contributed by atoms with Gasteiger partial charge in [-0.25, -0.2) is 0 Å². The third-order valence-corrected chi connectivity index (χ3v) is 3.10. The van der Waals surface area contributed by atoms with Crippen LogP contribution in [-0.2, 0) is 14.3 Å². The summed E-state index contributed by atoms with van der Waals surface area (Å²) in [6.45, 7) is 10.1. The van der Waals surface area contributed by atoms with Crippen molar-refractivity contribution in [3.63, 3.8) is 0 Å². The van der Waals surface area contributed by atoms with E-state index < -0.39 is 0 Å². The van der Waals surface area contributed by atoms with Gasteiger partial charge in [-0.15, -0.1) is 6.58 Å². The van der Waals surface area contributed by atoms with Crippen molar-refractivity contribution in [2.24, 2.45) is 0 Å². The number of esters is 1. The zero-order valence-corrected chi connectivity index (χ0v) is 10.4. The highest BCUT2D eigenvalue weighted by atomic mass is 16.5. The van der Waals surface area contributed by atoms with Crippen LogP contribution in [0.25, 0.3) is 0 Å². The van der Waals surface area contributed by atoms with Crippen molar-refractivity contribution in [2.75, 3.05) is 26.9 Å². The van der Waals surface area contributed by atoms with Crippen LogP contribution in [0.15, 0.2) is 12.7 Å². The number of methoxy groups -OCH3 is 1. The van der Waals surface area contributed by atoms with Crippen molar-refractivity contribution < 1.29 is 14.3 Å². The Labute approximate surface area is 97.2 Å². The zero-order chi connectivity index (χ0) is 12.2. The van der Waals surface area contributed by atoms with E-state index in [4.69, 9.17) is 9.47 Å². The van der Waals surface area contributed by atoms with Gasteiger partial charge in [-0.05, 0) is 13.8 Å². The van der Waals surface area contributed by atoms with Crippen molar-refractivity contribution >= 4 is 5.97 Å². The van der Waals surface area contributed by atoms with Crippen LogP contribution >= 0.6 is 0 Å². The van der Waals surface area contributed by atoms with Crippen LogP contribution in [0, 0.1) is 0 Å². The summed E-state index contributed by atoms with van der Waals surface area (Å²) in [7, 11) is 1.41. The molecule has 1 rings (SSSR count). The van der Waals surface area contributed by atoms with Gasteiger partial charge >= 0.3 is 5.97 Å². The van der Waals surface area contributed by atoms with Crippen LogP contribution < -0.4 is 0 Å². The maximum atomic E-state index is 11.3. The van der Waals surface area contributed by atoms with Crippen LogP contribution in [0.5, 0.6) is 0 Å². The Morgan fingerprint density at radius 3 is 2.94 bits per heavy atom. The Hall–Kier alpha value is -0.870. The van der Waals surface area contributed by atoms with E-state index in [2.05, 4.69) is 25.3 Å². The van der Waals surface area contributed by atoms with Crippen molar-refractivity contribution in [1.29, 1.82) is 0 Å². The van der Waals surface area contributed by atoms with Crippen LogP contribution in [-0.4, -0.2) is 49.3 Å². The number of rotatable bonds is 4. The predicted molar refractivity (Wildman–Crippen MR) is 62.2 cm³/mol. The van der Waals surface area contributed by atoms with Gasteiger partial charge in [-0.1, -0.05) is 6.08 Å². The van der Waals surface area contributed by atoms with Gasteiger partial charge in [-0.2, -0.15) is 0 Å². The van der Waals surface area contributed by atoms with E-state index in [0.29, 0.717) is 19.6 Å². The third kappa shape index (κ3) is 3.06. The molecule has 1 heterocycles. The van der Waals surface area contributed by atoms with Gasteiger partial charge in [0.15, 0.2) is 0 Å². The lowest BCUT2D eigenvalue weighted by molar-refractivity contribution is -0.144. The molecule has 0 bridgehead atoms. The molecule has 1 saturated heterocycles. The van der Waals surface area contributed by atoms with E-state index in [1.54, 1.807) is 0 Å². The molecule has 4 heteroatoms. The zero-order valence-electron chi connectivity index (χ0n) is 10.4. The molecular weight excluding hydrogens is 206 g/mol. The molecule has 0 amide bonds. The molecule has 16 heavy (non-hydrogen) atoms. The van der Waals surface area contributed by atoms with E-state index in [1.807, 2.05) is 6.08 Å². The quantitative estimate of drug-likeness (QED) is 0.534. The smallest absolute Gasteiger partial charge is 0.307 e. The molecule has 92 valence electrons. The maximum absolute atomic E-state index is 11.3. The summed E-state index contributed by atoms with van der Waals surface area (Å²) < 4.78 is 10.1. The van der Waals surface area contributed by atoms with Gasteiger partial charge in [0.2, 0.25) is 0 Å². The standard InChI is InChI=1S/C12H21NO3/c1-5-12(2,3)13-6-7-16-9-10(13)8-11(14)15-4/h5,10H,1,6-9H2,2-4H3. The SMILES string of the molecule is C=CC(C)(C)N1CCOCC1CC(=O)OC. The molecule has 0 aromatic rings. The van der Waals surface area contributed by atoms with Gasteiger partial charge in [0.05, 0.1) is 26.7 Å². The van der Waals surface area contributed by atoms with Crippen LogP contribution in [0.4, 0.5) is 0 Å². The van der Waals surface area contributed by atoms with Crippen LogP contribution in [0.2, 0.25) is 0 Å². The first-order valence-electron chi connectivity index (χ1n) is 5.56. The summed E-state index contributed by atoms with van der Waals surface area (Å²) in [5.41, 5.74) is -0.123. The van der Waals surface area contributed by atoms with Crippen molar-refractivity contribution in [1.82, 2.24) is 4.90 Å². The van der Waals surface area contributed by atoms with Crippen molar-refractivity contribution in [3.8, 4) is 0 Å². The van der Waals surface area contributed by atoms with Crippen LogP contribution in [0.3, 0.4) is 0 Å². The number of nitrogens with zero attached hydrogens (tertiary/aromatic N) is 1. The second-order valence-electron chi connectivity index (χ2n) is 4.56. The number of morpholine rings is 1. The highest BCUT2D eigenvalue weighted by molar-refractivity contribution is 5.70. The lowest BCUT2D eigenvalue weighted by atomic mass is 9.98. The molecule has 0 radical (unpaired) electrons. The lowest BCUT2D eigenvalue weighted by Crippen LogP contribution is -2.55. The van der Waals surface area contributed by atoms with Gasteiger partial charge in [0, 0.05) is 18.1 Å². The second kappa shape index (κ2) is 5.46. The molecule has 1 fully saturated rings. The Bertz CT molecular complexity index is 263. The molecule has 0 aromatic heterocycles. The molecule has 1 aliphatic rings. The van der Waals surface area contributed by atoms with E-state index >= 15 is 0 Å². The minimum Gasteiger partial charge on any atom is -0.469 e. The fraction of sp³-hybridized carbons (Fsp3) is 0.750. The van der Waals surface area contributed by atoms with Gasteiger partial charge in [-0.3, -0.25) is 9.69 Å². The summed E-state index contributed by atoms with van der Waals surface area (Å²) in [6.07, 6.45) is 2.27. The number of ether oxygens (including phenoxy) is 2. The minimum absolute atomic E-state index is 0.0780. The molecule has 1 unspecified atom stereocenters. The number of hydrogen-bond donors (Lipinski definition) is 0. The second-order valence-corrected chi connectivity index (χ2v) is 4.56. The lowest BCUT2D eigenvalue weighted by Gasteiger charge is -2.44. The number of carbonyl (C=O) groups is 1. The normalized spacial score (nSPS) is 22.8. The first-order chi connectivity index (χ1) is 7.51. The van der Waals surface area contributed by atoms with Gasteiger partial charge < -0.3 is 9.47 Å². The van der Waals surface area contributed by atoms with Crippen molar-refractivity contribution in [2.45, 2.75) is 31.8 Å². The van der Waals surface area contributed by atoms with Gasteiger partial charge in [0.1, 0.15) is 0 Å². The Morgan fingerprint density at radius 2 is 2.38 bits per heavy atom. The topological polar surface area (TPSA) is 38.8 Å². The molecular formula is C12H21NO3. The van der Waals surface area contributed by atoms with E-state index in [1.165, 1.54) is 7.11 Å². The third-order valence-electron chi connectivity index (χ3n) is 3.10. The molecule has 0 spiro atoms. The predicted octanol–water partition coefficient (Wildman–Crippen LogP) is 1.21. The first kappa shape index (κ1) is 13.2. The van der Waals surface area contributed by atoms with E-state index in [9.17, 15) is 4.79 Å². The van der Waals surface area contributed by atoms with E-state index in [0.717, 1.165) is 6.54 Å². The van der Waals surface area contributed by atoms with Gasteiger partial charge in [0.25, 0.3) is 0 Å². The Morgan fingerprint density at radius 1 is 1.69 bits per heavy atom. The molecule has 1 aliphatic heterocycles. The Balaban J connectivity index is 2.71. The highest BCUT2D eigenvalue weighted by Crippen LogP contribution is 2.23. The molecule has 0 saturated carbocycles.